The molecule has 0 saturated carbocycles. The second-order valence-electron chi connectivity index (χ2n) is 6.02. The van der Waals surface area contributed by atoms with Crippen molar-refractivity contribution in [3.05, 3.63) is 54.1 Å². The molecule has 2 rings (SSSR count). The van der Waals surface area contributed by atoms with Gasteiger partial charge in [0.25, 0.3) is 5.91 Å². The number of anilines is 1. The van der Waals surface area contributed by atoms with Crippen LogP contribution >= 0.6 is 0 Å². The molecule has 0 bridgehead atoms. The molecular weight excluding hydrogens is 328 g/mol. The number of hydrogen-bond acceptors (Lipinski definition) is 4. The molecule has 5 heteroatoms. The summed E-state index contributed by atoms with van der Waals surface area (Å²) >= 11 is 0. The summed E-state index contributed by atoms with van der Waals surface area (Å²) in [4.78, 5) is 14.5. The quantitative estimate of drug-likeness (QED) is 0.705. The fourth-order valence-corrected chi connectivity index (χ4v) is 2.49. The SMILES string of the molecule is CCN(CC)CCOc1ccccc1NC(=O)COc1ccc(C)cc1. The average molecular weight is 356 g/mol. The standard InChI is InChI=1S/C21H28N2O3/c1-4-23(5-2)14-15-25-20-9-7-6-8-19(20)22-21(24)16-26-18-12-10-17(3)11-13-18/h6-13H,4-5,14-16H2,1-3H3,(H,22,24). The van der Waals surface area contributed by atoms with E-state index in [1.165, 1.54) is 0 Å². The minimum absolute atomic E-state index is 0.0448. The van der Waals surface area contributed by atoms with E-state index in [1.54, 1.807) is 0 Å². The maximum atomic E-state index is 12.2. The van der Waals surface area contributed by atoms with Gasteiger partial charge in [-0.1, -0.05) is 43.7 Å². The number of ether oxygens (including phenoxy) is 2. The number of nitrogens with one attached hydrogen (secondary N) is 1. The third kappa shape index (κ3) is 6.41. The van der Waals surface area contributed by atoms with Crippen molar-refractivity contribution in [2.75, 3.05) is 38.2 Å². The van der Waals surface area contributed by atoms with Crippen molar-refractivity contribution in [2.24, 2.45) is 0 Å². The predicted molar refractivity (Wildman–Crippen MR) is 105 cm³/mol. The summed E-state index contributed by atoms with van der Waals surface area (Å²) in [5.41, 5.74) is 1.81. The monoisotopic (exact) mass is 356 g/mol. The predicted octanol–water partition coefficient (Wildman–Crippen LogP) is 3.73. The summed E-state index contributed by atoms with van der Waals surface area (Å²) in [5, 5.41) is 2.86. The summed E-state index contributed by atoms with van der Waals surface area (Å²) in [6.45, 7) is 9.64. The van der Waals surface area contributed by atoms with Crippen molar-refractivity contribution >= 4 is 11.6 Å². The number of aryl methyl sites for hydroxylation is 1. The molecular formula is C21H28N2O3. The van der Waals surface area contributed by atoms with Gasteiger partial charge in [-0.15, -0.1) is 0 Å². The minimum atomic E-state index is -0.217. The Bertz CT molecular complexity index is 682. The van der Waals surface area contributed by atoms with Gasteiger partial charge in [-0.2, -0.15) is 0 Å². The zero-order valence-electron chi connectivity index (χ0n) is 15.8. The molecule has 140 valence electrons. The summed E-state index contributed by atoms with van der Waals surface area (Å²) in [7, 11) is 0. The molecule has 0 aliphatic carbocycles. The lowest BCUT2D eigenvalue weighted by molar-refractivity contribution is -0.118. The molecule has 0 radical (unpaired) electrons. The Morgan fingerprint density at radius 3 is 2.38 bits per heavy atom. The summed E-state index contributed by atoms with van der Waals surface area (Å²) < 4.78 is 11.4. The molecule has 0 aliphatic rings. The van der Waals surface area contributed by atoms with Crippen LogP contribution in [-0.2, 0) is 4.79 Å². The third-order valence-corrected chi connectivity index (χ3v) is 4.11. The van der Waals surface area contributed by atoms with E-state index in [2.05, 4.69) is 24.1 Å². The Balaban J connectivity index is 1.86. The van der Waals surface area contributed by atoms with Crippen LogP contribution in [0, 0.1) is 6.92 Å². The van der Waals surface area contributed by atoms with Gasteiger partial charge in [0.2, 0.25) is 0 Å². The highest BCUT2D eigenvalue weighted by molar-refractivity contribution is 5.93. The van der Waals surface area contributed by atoms with E-state index < -0.39 is 0 Å². The molecule has 2 aromatic carbocycles. The van der Waals surface area contributed by atoms with Gasteiger partial charge in [0.15, 0.2) is 6.61 Å². The van der Waals surface area contributed by atoms with Gasteiger partial charge >= 0.3 is 0 Å². The number of benzene rings is 2. The first-order valence-corrected chi connectivity index (χ1v) is 9.05. The van der Waals surface area contributed by atoms with Crippen molar-refractivity contribution in [3.63, 3.8) is 0 Å². The molecule has 2 aromatic rings. The normalized spacial score (nSPS) is 10.6. The van der Waals surface area contributed by atoms with Gasteiger partial charge in [0, 0.05) is 6.54 Å². The molecule has 0 fully saturated rings. The summed E-state index contributed by atoms with van der Waals surface area (Å²) in [6, 6.07) is 15.1. The van der Waals surface area contributed by atoms with Crippen molar-refractivity contribution < 1.29 is 14.3 Å². The number of likely N-dealkylation sites (N-methyl/N-ethyl adjacent to an activating group) is 1. The Hall–Kier alpha value is -2.53. The van der Waals surface area contributed by atoms with Crippen LogP contribution in [-0.4, -0.2) is 43.7 Å². The molecule has 0 atom stereocenters. The number of rotatable bonds is 10. The molecule has 0 unspecified atom stereocenters. The fourth-order valence-electron chi connectivity index (χ4n) is 2.49. The smallest absolute Gasteiger partial charge is 0.262 e. The van der Waals surface area contributed by atoms with Crippen LogP contribution < -0.4 is 14.8 Å². The summed E-state index contributed by atoms with van der Waals surface area (Å²) in [6.07, 6.45) is 0. The van der Waals surface area contributed by atoms with E-state index in [1.807, 2.05) is 55.5 Å². The summed E-state index contributed by atoms with van der Waals surface area (Å²) in [5.74, 6) is 1.13. The number of amides is 1. The molecule has 26 heavy (non-hydrogen) atoms. The first-order chi connectivity index (χ1) is 12.6. The van der Waals surface area contributed by atoms with E-state index in [0.29, 0.717) is 23.8 Å². The van der Waals surface area contributed by atoms with Crippen molar-refractivity contribution in [1.82, 2.24) is 4.90 Å². The fraction of sp³-hybridized carbons (Fsp3) is 0.381. The number of para-hydroxylation sites is 2. The number of carbonyl (C=O) groups is 1. The van der Waals surface area contributed by atoms with Crippen molar-refractivity contribution in [2.45, 2.75) is 20.8 Å². The zero-order valence-corrected chi connectivity index (χ0v) is 15.8. The Labute approximate surface area is 155 Å². The van der Waals surface area contributed by atoms with Crippen LogP contribution in [0.4, 0.5) is 5.69 Å². The maximum absolute atomic E-state index is 12.2. The largest absolute Gasteiger partial charge is 0.490 e. The van der Waals surface area contributed by atoms with Crippen LogP contribution in [0.1, 0.15) is 19.4 Å². The van der Waals surface area contributed by atoms with E-state index in [-0.39, 0.29) is 12.5 Å². The van der Waals surface area contributed by atoms with Gasteiger partial charge < -0.3 is 19.7 Å². The van der Waals surface area contributed by atoms with E-state index in [4.69, 9.17) is 9.47 Å². The number of carbonyl (C=O) groups excluding carboxylic acids is 1. The lowest BCUT2D eigenvalue weighted by Gasteiger charge is -2.19. The third-order valence-electron chi connectivity index (χ3n) is 4.11. The van der Waals surface area contributed by atoms with Crippen LogP contribution in [0.25, 0.3) is 0 Å². The van der Waals surface area contributed by atoms with E-state index >= 15 is 0 Å². The average Bonchev–Trinajstić information content (AvgIpc) is 2.66. The first kappa shape index (κ1) is 19.8. The highest BCUT2D eigenvalue weighted by Gasteiger charge is 2.09. The highest BCUT2D eigenvalue weighted by atomic mass is 16.5. The van der Waals surface area contributed by atoms with Gasteiger partial charge in [-0.05, 0) is 44.3 Å². The zero-order chi connectivity index (χ0) is 18.8. The molecule has 0 heterocycles. The van der Waals surface area contributed by atoms with Crippen LogP contribution in [0.15, 0.2) is 48.5 Å². The Morgan fingerprint density at radius 1 is 1.00 bits per heavy atom. The molecule has 0 aromatic heterocycles. The molecule has 0 saturated heterocycles. The molecule has 0 aliphatic heterocycles. The first-order valence-electron chi connectivity index (χ1n) is 9.05. The second-order valence-corrected chi connectivity index (χ2v) is 6.02. The lowest BCUT2D eigenvalue weighted by atomic mass is 10.2. The lowest BCUT2D eigenvalue weighted by Crippen LogP contribution is -2.28. The molecule has 1 amide bonds. The van der Waals surface area contributed by atoms with Crippen molar-refractivity contribution in [1.29, 1.82) is 0 Å². The van der Waals surface area contributed by atoms with Crippen LogP contribution in [0.3, 0.4) is 0 Å². The Morgan fingerprint density at radius 2 is 1.69 bits per heavy atom. The molecule has 5 nitrogen and oxygen atoms in total. The van der Waals surface area contributed by atoms with E-state index in [0.717, 1.165) is 25.2 Å². The van der Waals surface area contributed by atoms with Crippen LogP contribution in [0.2, 0.25) is 0 Å². The maximum Gasteiger partial charge on any atom is 0.262 e. The molecule has 0 spiro atoms. The second kappa shape index (κ2) is 10.5. The van der Waals surface area contributed by atoms with Gasteiger partial charge in [0.05, 0.1) is 5.69 Å². The van der Waals surface area contributed by atoms with Gasteiger partial charge in [-0.25, -0.2) is 0 Å². The number of nitrogens with zero attached hydrogens (tertiary/aromatic N) is 1. The van der Waals surface area contributed by atoms with Crippen LogP contribution in [0.5, 0.6) is 11.5 Å². The Kier molecular flexibility index (Phi) is 7.96. The minimum Gasteiger partial charge on any atom is -0.490 e. The van der Waals surface area contributed by atoms with E-state index in [9.17, 15) is 4.79 Å². The van der Waals surface area contributed by atoms with Crippen molar-refractivity contribution in [3.8, 4) is 11.5 Å². The van der Waals surface area contributed by atoms with Gasteiger partial charge in [0.1, 0.15) is 18.1 Å². The number of hydrogen-bond donors (Lipinski definition) is 1. The topological polar surface area (TPSA) is 50.8 Å². The van der Waals surface area contributed by atoms with Gasteiger partial charge in [-0.3, -0.25) is 4.79 Å². The molecule has 1 N–H and O–H groups in total. The highest BCUT2D eigenvalue weighted by Crippen LogP contribution is 2.23.